The molecular weight excluding hydrogens is 312 g/mol. The highest BCUT2D eigenvalue weighted by Gasteiger charge is 2.16. The van der Waals surface area contributed by atoms with Crippen molar-refractivity contribution in [1.82, 2.24) is 14.5 Å². The molecule has 0 amide bonds. The van der Waals surface area contributed by atoms with Crippen LogP contribution in [0.1, 0.15) is 44.5 Å². The molecule has 0 saturated heterocycles. The van der Waals surface area contributed by atoms with Gasteiger partial charge in [-0.15, -0.1) is 0 Å². The van der Waals surface area contributed by atoms with Crippen molar-refractivity contribution in [3.8, 4) is 0 Å². The van der Waals surface area contributed by atoms with Crippen LogP contribution in [-0.2, 0) is 22.8 Å². The van der Waals surface area contributed by atoms with Crippen LogP contribution in [0.15, 0.2) is 6.20 Å². The summed E-state index contributed by atoms with van der Waals surface area (Å²) in [5.74, 6) is 1.85. The molecule has 0 aliphatic rings. The Morgan fingerprint density at radius 2 is 1.91 bits per heavy atom. The molecule has 0 aromatic carbocycles. The SMILES string of the molecule is CCCCS(=O)(=O)CCCn1c(CC)nc2c(N)ncc(C)c21. The molecule has 0 fully saturated rings. The minimum absolute atomic E-state index is 0.218. The number of fused-ring (bicyclic) bond motifs is 1. The third kappa shape index (κ3) is 4.02. The first-order valence-electron chi connectivity index (χ1n) is 8.20. The number of pyridine rings is 1. The van der Waals surface area contributed by atoms with E-state index in [9.17, 15) is 8.42 Å². The van der Waals surface area contributed by atoms with Crippen molar-refractivity contribution in [2.24, 2.45) is 0 Å². The van der Waals surface area contributed by atoms with Crippen molar-refractivity contribution < 1.29 is 8.42 Å². The lowest BCUT2D eigenvalue weighted by Gasteiger charge is -2.10. The zero-order chi connectivity index (χ0) is 17.0. The summed E-state index contributed by atoms with van der Waals surface area (Å²) in [7, 11) is -2.96. The van der Waals surface area contributed by atoms with Gasteiger partial charge in [-0.3, -0.25) is 0 Å². The van der Waals surface area contributed by atoms with Crippen LogP contribution >= 0.6 is 0 Å². The van der Waals surface area contributed by atoms with Crippen LogP contribution in [0, 0.1) is 6.92 Å². The number of nitrogens with two attached hydrogens (primary N) is 1. The third-order valence-corrected chi connectivity index (χ3v) is 5.84. The Morgan fingerprint density at radius 1 is 1.22 bits per heavy atom. The van der Waals surface area contributed by atoms with Gasteiger partial charge in [-0.2, -0.15) is 0 Å². The summed E-state index contributed by atoms with van der Waals surface area (Å²) in [5.41, 5.74) is 8.63. The van der Waals surface area contributed by atoms with Crippen molar-refractivity contribution in [2.75, 3.05) is 17.2 Å². The third-order valence-electron chi connectivity index (χ3n) is 4.02. The highest BCUT2D eigenvalue weighted by molar-refractivity contribution is 7.91. The number of sulfone groups is 1. The Balaban J connectivity index is 2.21. The van der Waals surface area contributed by atoms with Gasteiger partial charge in [0.05, 0.1) is 17.0 Å². The Bertz CT molecular complexity index is 781. The van der Waals surface area contributed by atoms with Gasteiger partial charge < -0.3 is 10.3 Å². The number of rotatable bonds is 8. The van der Waals surface area contributed by atoms with Crippen LogP contribution < -0.4 is 5.73 Å². The van der Waals surface area contributed by atoms with Crippen LogP contribution in [0.5, 0.6) is 0 Å². The van der Waals surface area contributed by atoms with Crippen molar-refractivity contribution in [1.29, 1.82) is 0 Å². The summed E-state index contributed by atoms with van der Waals surface area (Å²) in [6.07, 6.45) is 4.74. The second-order valence-corrected chi connectivity index (χ2v) is 8.22. The fourth-order valence-corrected chi connectivity index (χ4v) is 4.29. The smallest absolute Gasteiger partial charge is 0.151 e. The molecule has 0 radical (unpaired) electrons. The summed E-state index contributed by atoms with van der Waals surface area (Å²) in [6, 6.07) is 0. The van der Waals surface area contributed by atoms with Crippen molar-refractivity contribution in [3.05, 3.63) is 17.6 Å². The van der Waals surface area contributed by atoms with Crippen LogP contribution in [0.4, 0.5) is 5.82 Å². The van der Waals surface area contributed by atoms with Gasteiger partial charge in [0.1, 0.15) is 21.2 Å². The highest BCUT2D eigenvalue weighted by atomic mass is 32.2. The molecule has 2 rings (SSSR count). The molecule has 0 spiro atoms. The summed E-state index contributed by atoms with van der Waals surface area (Å²) in [4.78, 5) is 8.74. The number of unbranched alkanes of at least 4 members (excludes halogenated alkanes) is 1. The maximum absolute atomic E-state index is 12.0. The van der Waals surface area contributed by atoms with Gasteiger partial charge in [-0.25, -0.2) is 18.4 Å². The zero-order valence-corrected chi connectivity index (χ0v) is 15.0. The van der Waals surface area contributed by atoms with Crippen molar-refractivity contribution in [3.63, 3.8) is 0 Å². The molecule has 6 nitrogen and oxygen atoms in total. The number of hydrogen-bond donors (Lipinski definition) is 1. The van der Waals surface area contributed by atoms with Gasteiger partial charge in [0.15, 0.2) is 5.82 Å². The fraction of sp³-hybridized carbons (Fsp3) is 0.625. The minimum atomic E-state index is -2.96. The lowest BCUT2D eigenvalue weighted by Crippen LogP contribution is -2.14. The summed E-state index contributed by atoms with van der Waals surface area (Å²) >= 11 is 0. The first-order chi connectivity index (χ1) is 10.9. The molecule has 2 aromatic rings. The maximum atomic E-state index is 12.0. The Kier molecular flexibility index (Phi) is 5.62. The van der Waals surface area contributed by atoms with Crippen LogP contribution in [-0.4, -0.2) is 34.5 Å². The van der Waals surface area contributed by atoms with E-state index in [4.69, 9.17) is 5.73 Å². The highest BCUT2D eigenvalue weighted by Crippen LogP contribution is 2.24. The standard InChI is InChI=1S/C16H26N4O2S/c1-4-6-9-23(21,22)10-7-8-20-13(5-2)19-14-15(20)12(3)11-18-16(14)17/h11H,4-10H2,1-3H3,(H2,17,18). The molecule has 23 heavy (non-hydrogen) atoms. The summed E-state index contributed by atoms with van der Waals surface area (Å²) in [5, 5.41) is 0. The molecule has 0 aliphatic carbocycles. The predicted molar refractivity (Wildman–Crippen MR) is 94.2 cm³/mol. The maximum Gasteiger partial charge on any atom is 0.151 e. The molecule has 2 aromatic heterocycles. The second kappa shape index (κ2) is 7.29. The topological polar surface area (TPSA) is 90.9 Å². The van der Waals surface area contributed by atoms with Gasteiger partial charge in [0.2, 0.25) is 0 Å². The van der Waals surface area contributed by atoms with E-state index in [0.717, 1.165) is 41.7 Å². The average Bonchev–Trinajstić information content (AvgIpc) is 2.89. The molecule has 7 heteroatoms. The molecule has 0 aliphatic heterocycles. The van der Waals surface area contributed by atoms with E-state index >= 15 is 0 Å². The number of anilines is 1. The Morgan fingerprint density at radius 3 is 2.57 bits per heavy atom. The summed E-state index contributed by atoms with van der Waals surface area (Å²) < 4.78 is 26.1. The van der Waals surface area contributed by atoms with E-state index in [2.05, 4.69) is 14.5 Å². The number of nitrogen functional groups attached to an aromatic ring is 1. The second-order valence-electron chi connectivity index (χ2n) is 5.92. The molecule has 0 atom stereocenters. The number of aryl methyl sites for hydroxylation is 3. The molecule has 0 unspecified atom stereocenters. The van der Waals surface area contributed by atoms with Gasteiger partial charge in [0, 0.05) is 19.2 Å². The van der Waals surface area contributed by atoms with Crippen LogP contribution in [0.2, 0.25) is 0 Å². The van der Waals surface area contributed by atoms with E-state index < -0.39 is 9.84 Å². The average molecular weight is 338 g/mol. The normalized spacial score (nSPS) is 12.1. The van der Waals surface area contributed by atoms with Gasteiger partial charge >= 0.3 is 0 Å². The van der Waals surface area contributed by atoms with Crippen LogP contribution in [0.3, 0.4) is 0 Å². The van der Waals surface area contributed by atoms with Crippen molar-refractivity contribution in [2.45, 2.75) is 53.0 Å². The van der Waals surface area contributed by atoms with E-state index in [-0.39, 0.29) is 11.5 Å². The zero-order valence-electron chi connectivity index (χ0n) is 14.2. The number of nitrogens with zero attached hydrogens (tertiary/aromatic N) is 3. The van der Waals surface area contributed by atoms with Crippen molar-refractivity contribution >= 4 is 26.7 Å². The van der Waals surface area contributed by atoms with E-state index in [1.54, 1.807) is 6.20 Å². The monoisotopic (exact) mass is 338 g/mol. The first-order valence-corrected chi connectivity index (χ1v) is 10.0. The number of hydrogen-bond acceptors (Lipinski definition) is 5. The molecular formula is C16H26N4O2S. The van der Waals surface area contributed by atoms with Crippen LogP contribution in [0.25, 0.3) is 11.0 Å². The molecule has 2 N–H and O–H groups in total. The number of imidazole rings is 1. The van der Waals surface area contributed by atoms with E-state index in [1.165, 1.54) is 0 Å². The Labute approximate surface area is 138 Å². The number of aromatic nitrogens is 3. The van der Waals surface area contributed by atoms with Gasteiger partial charge in [-0.1, -0.05) is 20.3 Å². The van der Waals surface area contributed by atoms with E-state index in [0.29, 0.717) is 18.8 Å². The summed E-state index contributed by atoms with van der Waals surface area (Å²) in [6.45, 7) is 6.65. The lowest BCUT2D eigenvalue weighted by molar-refractivity contribution is 0.582. The lowest BCUT2D eigenvalue weighted by atomic mass is 10.2. The molecule has 2 heterocycles. The van der Waals surface area contributed by atoms with E-state index in [1.807, 2.05) is 20.8 Å². The molecule has 0 bridgehead atoms. The molecule has 0 saturated carbocycles. The Hall–Kier alpha value is -1.63. The largest absolute Gasteiger partial charge is 0.382 e. The molecule has 128 valence electrons. The predicted octanol–water partition coefficient (Wildman–Crippen LogP) is 2.49. The first kappa shape index (κ1) is 17.7. The van der Waals surface area contributed by atoms with Gasteiger partial charge in [-0.05, 0) is 25.3 Å². The fourth-order valence-electron chi connectivity index (χ4n) is 2.79. The minimum Gasteiger partial charge on any atom is -0.382 e. The quantitative estimate of drug-likeness (QED) is 0.798. The van der Waals surface area contributed by atoms with Gasteiger partial charge in [0.25, 0.3) is 0 Å².